The van der Waals surface area contributed by atoms with Crippen LogP contribution in [0.2, 0.25) is 0 Å². The van der Waals surface area contributed by atoms with E-state index in [1.54, 1.807) is 50.6 Å². The lowest BCUT2D eigenvalue weighted by molar-refractivity contribution is -0.121. The van der Waals surface area contributed by atoms with Crippen molar-refractivity contribution in [3.8, 4) is 11.5 Å². The van der Waals surface area contributed by atoms with E-state index in [0.717, 1.165) is 9.13 Å². The topological polar surface area (TPSA) is 77.4 Å². The van der Waals surface area contributed by atoms with Gasteiger partial charge in [0.05, 0.1) is 33.9 Å². The lowest BCUT2D eigenvalue weighted by Gasteiger charge is -2.12. The van der Waals surface area contributed by atoms with Crippen molar-refractivity contribution < 1.29 is 23.8 Å². The highest BCUT2D eigenvalue weighted by atomic mass is 127. The van der Waals surface area contributed by atoms with Crippen molar-refractivity contribution in [1.29, 1.82) is 0 Å². The maximum absolute atomic E-state index is 12.8. The molecule has 166 valence electrons. The fraction of sp³-hybridized carbons (Fsp3) is 0.174. The molecule has 0 unspecified atom stereocenters. The van der Waals surface area contributed by atoms with E-state index in [1.807, 2.05) is 12.1 Å². The number of amides is 1. The molecule has 0 aromatic heterocycles. The molecule has 7 nitrogen and oxygen atoms in total. The smallest absolute Gasteiger partial charge is 0.337 e. The first kappa shape index (κ1) is 23.9. The van der Waals surface area contributed by atoms with Gasteiger partial charge in [-0.05, 0) is 82.4 Å². The van der Waals surface area contributed by atoms with Gasteiger partial charge in [0, 0.05) is 7.05 Å². The Kier molecular flexibility index (Phi) is 7.97. The standard InChI is InChI=1S/C23H21IN2O5S/c1-5-10-31-20-17(24)11-14(12-18(20)29-3)13-19-21(27)26(2)23(32-19)25-16-8-6-15(7-9-16)22(28)30-4/h5-9,11-13H,1,10H2,2-4H3/b19-13+,25-23?. The quantitative estimate of drug-likeness (QED) is 0.207. The number of methoxy groups -OCH3 is 2. The summed E-state index contributed by atoms with van der Waals surface area (Å²) >= 11 is 3.45. The Labute approximate surface area is 204 Å². The predicted molar refractivity (Wildman–Crippen MR) is 135 cm³/mol. The normalized spacial score (nSPS) is 15.9. The van der Waals surface area contributed by atoms with Gasteiger partial charge in [0.15, 0.2) is 16.7 Å². The molecule has 2 aromatic rings. The molecule has 1 saturated heterocycles. The summed E-state index contributed by atoms with van der Waals surface area (Å²) in [5.74, 6) is 0.646. The third-order valence-corrected chi connectivity index (χ3v) is 6.27. The van der Waals surface area contributed by atoms with E-state index in [9.17, 15) is 9.59 Å². The second-order valence-electron chi connectivity index (χ2n) is 6.54. The first-order valence-electron chi connectivity index (χ1n) is 9.43. The van der Waals surface area contributed by atoms with Crippen LogP contribution in [0.3, 0.4) is 0 Å². The molecule has 0 saturated carbocycles. The van der Waals surface area contributed by atoms with Gasteiger partial charge in [0.25, 0.3) is 5.91 Å². The number of rotatable bonds is 7. The first-order chi connectivity index (χ1) is 15.4. The average Bonchev–Trinajstić information content (AvgIpc) is 3.05. The molecular weight excluding hydrogens is 543 g/mol. The number of thioether (sulfide) groups is 1. The molecule has 1 heterocycles. The van der Waals surface area contributed by atoms with E-state index < -0.39 is 5.97 Å². The summed E-state index contributed by atoms with van der Waals surface area (Å²) in [5, 5.41) is 0.541. The summed E-state index contributed by atoms with van der Waals surface area (Å²) in [6.07, 6.45) is 3.47. The summed E-state index contributed by atoms with van der Waals surface area (Å²) in [4.78, 5) is 30.9. The number of hydrogen-bond donors (Lipinski definition) is 0. The van der Waals surface area contributed by atoms with Crippen molar-refractivity contribution in [3.05, 3.63) is 68.7 Å². The van der Waals surface area contributed by atoms with Crippen LogP contribution in [0.1, 0.15) is 15.9 Å². The molecule has 1 aliphatic heterocycles. The van der Waals surface area contributed by atoms with Crippen LogP contribution < -0.4 is 9.47 Å². The number of hydrogen-bond acceptors (Lipinski definition) is 7. The number of carbonyl (C=O) groups is 2. The number of benzene rings is 2. The van der Waals surface area contributed by atoms with Gasteiger partial charge >= 0.3 is 5.97 Å². The highest BCUT2D eigenvalue weighted by molar-refractivity contribution is 14.1. The Hall–Kier alpha value is -2.79. The molecule has 1 fully saturated rings. The van der Waals surface area contributed by atoms with Crippen LogP contribution in [0.5, 0.6) is 11.5 Å². The first-order valence-corrected chi connectivity index (χ1v) is 11.3. The Morgan fingerprint density at radius 2 is 1.97 bits per heavy atom. The molecular formula is C23H21IN2O5S. The van der Waals surface area contributed by atoms with E-state index in [-0.39, 0.29) is 5.91 Å². The van der Waals surface area contributed by atoms with Crippen molar-refractivity contribution in [3.63, 3.8) is 0 Å². The molecule has 1 amide bonds. The maximum atomic E-state index is 12.8. The summed E-state index contributed by atoms with van der Waals surface area (Å²) < 4.78 is 16.7. The summed E-state index contributed by atoms with van der Waals surface area (Å²) in [5.41, 5.74) is 1.87. The molecule has 1 aliphatic rings. The molecule has 3 rings (SSSR count). The minimum atomic E-state index is -0.414. The number of amidine groups is 1. The van der Waals surface area contributed by atoms with Gasteiger partial charge in [0.1, 0.15) is 6.61 Å². The monoisotopic (exact) mass is 564 g/mol. The van der Waals surface area contributed by atoms with Gasteiger partial charge in [-0.15, -0.1) is 0 Å². The zero-order valence-electron chi connectivity index (χ0n) is 17.8. The fourth-order valence-corrected chi connectivity index (χ4v) is 4.58. The summed E-state index contributed by atoms with van der Waals surface area (Å²) in [6.45, 7) is 4.03. The van der Waals surface area contributed by atoms with Crippen molar-refractivity contribution in [2.45, 2.75) is 0 Å². The third kappa shape index (κ3) is 5.33. The van der Waals surface area contributed by atoms with Crippen LogP contribution in [0.4, 0.5) is 5.69 Å². The van der Waals surface area contributed by atoms with Crippen molar-refractivity contribution in [2.24, 2.45) is 4.99 Å². The Balaban J connectivity index is 1.86. The SMILES string of the molecule is C=CCOc1c(I)cc(/C=C2/SC(=Nc3ccc(C(=O)OC)cc3)N(C)C2=O)cc1OC. The van der Waals surface area contributed by atoms with E-state index in [0.29, 0.717) is 39.4 Å². The molecule has 2 aromatic carbocycles. The molecule has 0 N–H and O–H groups in total. The largest absolute Gasteiger partial charge is 0.493 e. The van der Waals surface area contributed by atoms with Crippen LogP contribution >= 0.6 is 34.4 Å². The number of halogens is 1. The number of carbonyl (C=O) groups excluding carboxylic acids is 2. The van der Waals surface area contributed by atoms with Gasteiger partial charge in [-0.25, -0.2) is 9.79 Å². The zero-order chi connectivity index (χ0) is 23.3. The average molecular weight is 564 g/mol. The van der Waals surface area contributed by atoms with Gasteiger partial charge < -0.3 is 14.2 Å². The van der Waals surface area contributed by atoms with Gasteiger partial charge in [-0.1, -0.05) is 12.7 Å². The highest BCUT2D eigenvalue weighted by Crippen LogP contribution is 2.37. The van der Waals surface area contributed by atoms with Crippen LogP contribution in [0, 0.1) is 3.57 Å². The molecule has 0 spiro atoms. The number of aliphatic imine (C=N–C) groups is 1. The van der Waals surface area contributed by atoms with Crippen LogP contribution in [-0.2, 0) is 9.53 Å². The van der Waals surface area contributed by atoms with Crippen molar-refractivity contribution >= 4 is 63.2 Å². The fourth-order valence-electron chi connectivity index (χ4n) is 2.81. The summed E-state index contributed by atoms with van der Waals surface area (Å²) in [6, 6.07) is 10.4. The minimum Gasteiger partial charge on any atom is -0.493 e. The lowest BCUT2D eigenvalue weighted by Crippen LogP contribution is -2.23. The minimum absolute atomic E-state index is 0.152. The number of likely N-dealkylation sites (N-methyl/N-ethyl adjacent to an activating group) is 1. The van der Waals surface area contributed by atoms with E-state index in [2.05, 4.69) is 34.2 Å². The highest BCUT2D eigenvalue weighted by Gasteiger charge is 2.30. The van der Waals surface area contributed by atoms with Gasteiger partial charge in [0.2, 0.25) is 0 Å². The maximum Gasteiger partial charge on any atom is 0.337 e. The van der Waals surface area contributed by atoms with Crippen LogP contribution in [0.15, 0.2) is 59.0 Å². The molecule has 0 bridgehead atoms. The lowest BCUT2D eigenvalue weighted by atomic mass is 10.2. The summed E-state index contributed by atoms with van der Waals surface area (Å²) in [7, 11) is 4.58. The molecule has 0 aliphatic carbocycles. The Morgan fingerprint density at radius 3 is 2.59 bits per heavy atom. The van der Waals surface area contributed by atoms with Crippen molar-refractivity contribution in [2.75, 3.05) is 27.9 Å². The second kappa shape index (κ2) is 10.7. The Morgan fingerprint density at radius 1 is 1.25 bits per heavy atom. The number of esters is 1. The van der Waals surface area contributed by atoms with E-state index >= 15 is 0 Å². The predicted octanol–water partition coefficient (Wildman–Crippen LogP) is 4.89. The van der Waals surface area contributed by atoms with Crippen molar-refractivity contribution in [1.82, 2.24) is 4.90 Å². The second-order valence-corrected chi connectivity index (χ2v) is 8.71. The Bertz CT molecular complexity index is 1110. The number of nitrogens with zero attached hydrogens (tertiary/aromatic N) is 2. The number of ether oxygens (including phenoxy) is 3. The molecule has 0 radical (unpaired) electrons. The third-order valence-electron chi connectivity index (χ3n) is 4.41. The van der Waals surface area contributed by atoms with Gasteiger partial charge in [-0.2, -0.15) is 0 Å². The molecule has 0 atom stereocenters. The van der Waals surface area contributed by atoms with Crippen LogP contribution in [-0.4, -0.2) is 49.8 Å². The van der Waals surface area contributed by atoms with E-state index in [4.69, 9.17) is 14.2 Å². The van der Waals surface area contributed by atoms with E-state index in [1.165, 1.54) is 23.8 Å². The molecule has 9 heteroatoms. The van der Waals surface area contributed by atoms with Gasteiger partial charge in [-0.3, -0.25) is 9.69 Å². The molecule has 32 heavy (non-hydrogen) atoms. The van der Waals surface area contributed by atoms with Crippen LogP contribution in [0.25, 0.3) is 6.08 Å². The zero-order valence-corrected chi connectivity index (χ0v) is 20.7.